The number of nitrogens with zero attached hydrogens (tertiary/aromatic N) is 1. The van der Waals surface area contributed by atoms with E-state index in [9.17, 15) is 0 Å². The number of hydrogen-bond acceptors (Lipinski definition) is 3. The lowest BCUT2D eigenvalue weighted by molar-refractivity contribution is 0.669. The summed E-state index contributed by atoms with van der Waals surface area (Å²) >= 11 is 1.86. The van der Waals surface area contributed by atoms with Crippen LogP contribution in [0.3, 0.4) is 0 Å². The first-order chi connectivity index (χ1) is 27.8. The molecule has 0 amide bonds. The van der Waals surface area contributed by atoms with Crippen LogP contribution in [0.5, 0.6) is 0 Å². The van der Waals surface area contributed by atoms with E-state index in [1.165, 1.54) is 69.9 Å². The molecule has 0 spiro atoms. The van der Waals surface area contributed by atoms with Crippen molar-refractivity contribution < 1.29 is 4.42 Å². The summed E-state index contributed by atoms with van der Waals surface area (Å²) in [7, 11) is 0. The number of hydrogen-bond donors (Lipinski definition) is 0. The van der Waals surface area contributed by atoms with Crippen LogP contribution in [0.25, 0.3) is 86.3 Å². The fraction of sp³-hybridized carbons (Fsp3) is 0.0189. The Bertz CT molecular complexity index is 3250. The van der Waals surface area contributed by atoms with Crippen molar-refractivity contribution in [1.82, 2.24) is 0 Å². The zero-order valence-electron chi connectivity index (χ0n) is 30.5. The Morgan fingerprint density at radius 3 is 2.00 bits per heavy atom. The molecule has 2 aromatic heterocycles. The van der Waals surface area contributed by atoms with Gasteiger partial charge in [0, 0.05) is 54.4 Å². The van der Waals surface area contributed by atoms with E-state index in [4.69, 9.17) is 4.42 Å². The van der Waals surface area contributed by atoms with Gasteiger partial charge in [-0.25, -0.2) is 0 Å². The van der Waals surface area contributed by atoms with E-state index < -0.39 is 0 Å². The fourth-order valence-electron chi connectivity index (χ4n) is 8.56. The van der Waals surface area contributed by atoms with Crippen LogP contribution in [0, 0.1) is 0 Å². The van der Waals surface area contributed by atoms with Gasteiger partial charge in [0.25, 0.3) is 0 Å². The normalized spacial score (nSPS) is 11.6. The first-order valence-electron chi connectivity index (χ1n) is 19.1. The number of anilines is 2. The van der Waals surface area contributed by atoms with Gasteiger partial charge in [-0.15, -0.1) is 11.3 Å². The molecule has 0 radical (unpaired) electrons. The molecule has 2 heterocycles. The molecule has 0 saturated carbocycles. The van der Waals surface area contributed by atoms with Crippen molar-refractivity contribution in [2.45, 2.75) is 6.54 Å². The van der Waals surface area contributed by atoms with E-state index in [2.05, 4.69) is 199 Å². The Hall–Kier alpha value is -6.94. The molecular formula is C53H35NOS. The van der Waals surface area contributed by atoms with Crippen LogP contribution in [-0.4, -0.2) is 0 Å². The molecule has 0 bridgehead atoms. The van der Waals surface area contributed by atoms with Gasteiger partial charge in [0.2, 0.25) is 0 Å². The number of furan rings is 1. The van der Waals surface area contributed by atoms with Crippen LogP contribution in [0.2, 0.25) is 0 Å². The highest BCUT2D eigenvalue weighted by Gasteiger charge is 2.21. The molecule has 3 heteroatoms. The summed E-state index contributed by atoms with van der Waals surface area (Å²) in [5.41, 5.74) is 12.5. The Morgan fingerprint density at radius 2 is 1.05 bits per heavy atom. The summed E-state index contributed by atoms with van der Waals surface area (Å²) < 4.78 is 9.00. The monoisotopic (exact) mass is 733 g/mol. The lowest BCUT2D eigenvalue weighted by Gasteiger charge is -2.29. The third kappa shape index (κ3) is 5.47. The topological polar surface area (TPSA) is 16.4 Å². The predicted molar refractivity (Wildman–Crippen MR) is 239 cm³/mol. The van der Waals surface area contributed by atoms with Gasteiger partial charge < -0.3 is 9.32 Å². The van der Waals surface area contributed by atoms with Gasteiger partial charge in [0.15, 0.2) is 0 Å². The Kier molecular flexibility index (Phi) is 7.78. The molecule has 0 saturated heterocycles. The Labute approximate surface area is 329 Å². The average Bonchev–Trinajstić information content (AvgIpc) is 3.84. The molecule has 0 fully saturated rings. The zero-order valence-corrected chi connectivity index (χ0v) is 31.3. The molecule has 2 nitrogen and oxygen atoms in total. The Balaban J connectivity index is 1.10. The molecule has 0 N–H and O–H groups in total. The number of fused-ring (bicyclic) bond motifs is 7. The van der Waals surface area contributed by atoms with Gasteiger partial charge in [-0.1, -0.05) is 152 Å². The van der Waals surface area contributed by atoms with Crippen molar-refractivity contribution >= 4 is 75.6 Å². The van der Waals surface area contributed by atoms with Crippen molar-refractivity contribution in [3.63, 3.8) is 0 Å². The smallest absolute Gasteiger partial charge is 0.136 e. The molecule has 9 aromatic carbocycles. The van der Waals surface area contributed by atoms with Crippen molar-refractivity contribution in [2.75, 3.05) is 4.90 Å². The molecule has 0 unspecified atom stereocenters. The van der Waals surface area contributed by atoms with E-state index in [0.29, 0.717) is 6.54 Å². The van der Waals surface area contributed by atoms with E-state index in [0.717, 1.165) is 33.3 Å². The predicted octanol–water partition coefficient (Wildman–Crippen LogP) is 15.4. The van der Waals surface area contributed by atoms with Crippen LogP contribution >= 0.6 is 11.3 Å². The molecule has 0 aliphatic heterocycles. The first kappa shape index (κ1) is 32.5. The molecule has 264 valence electrons. The SMILES string of the molecule is c1cc(-c2ccc3sc4ccccc4c3c2)cc(N(Cc2ccccc2-c2cccc3oc4ccccc4c23)c2ccccc2-c2cccc3ccccc23)c1. The van der Waals surface area contributed by atoms with E-state index in [-0.39, 0.29) is 0 Å². The van der Waals surface area contributed by atoms with Crippen molar-refractivity contribution in [3.05, 3.63) is 206 Å². The van der Waals surface area contributed by atoms with Crippen LogP contribution < -0.4 is 4.90 Å². The maximum atomic E-state index is 6.36. The van der Waals surface area contributed by atoms with Gasteiger partial charge in [-0.05, 0) is 92.7 Å². The average molecular weight is 734 g/mol. The van der Waals surface area contributed by atoms with Crippen LogP contribution in [0.15, 0.2) is 205 Å². The van der Waals surface area contributed by atoms with Gasteiger partial charge in [-0.3, -0.25) is 0 Å². The van der Waals surface area contributed by atoms with Gasteiger partial charge in [0.05, 0.1) is 0 Å². The van der Waals surface area contributed by atoms with E-state index >= 15 is 0 Å². The van der Waals surface area contributed by atoms with Crippen LogP contribution in [-0.2, 0) is 6.54 Å². The van der Waals surface area contributed by atoms with Crippen molar-refractivity contribution in [2.24, 2.45) is 0 Å². The van der Waals surface area contributed by atoms with Gasteiger partial charge in [0.1, 0.15) is 11.2 Å². The minimum Gasteiger partial charge on any atom is -0.456 e. The lowest BCUT2D eigenvalue weighted by Crippen LogP contribution is -2.18. The summed E-state index contributed by atoms with van der Waals surface area (Å²) in [5.74, 6) is 0. The number of thiophene rings is 1. The molecule has 0 aliphatic carbocycles. The quantitative estimate of drug-likeness (QED) is 0.162. The standard InChI is InChI=1S/C53H35NOS/c1-3-19-40-35(14-1)16-12-24-42(40)43-21-5-8-26-48(43)54(39-18-11-17-36(32-39)37-30-31-52-47(33-37)44-22-7-10-29-51(44)56-52)34-38-15-2-4-20-41(38)45-25-13-28-50-53(45)46-23-6-9-27-49(46)55-50/h1-33H,34H2. The van der Waals surface area contributed by atoms with Crippen LogP contribution in [0.1, 0.15) is 5.56 Å². The second-order valence-corrected chi connectivity index (χ2v) is 15.5. The molecular weight excluding hydrogens is 699 g/mol. The molecule has 0 atom stereocenters. The second kappa shape index (κ2) is 13.4. The fourth-order valence-corrected chi connectivity index (χ4v) is 9.65. The van der Waals surface area contributed by atoms with Gasteiger partial charge in [-0.2, -0.15) is 0 Å². The summed E-state index contributed by atoms with van der Waals surface area (Å²) in [6.07, 6.45) is 0. The maximum absolute atomic E-state index is 6.36. The lowest BCUT2D eigenvalue weighted by atomic mass is 9.93. The third-order valence-corrected chi connectivity index (χ3v) is 12.3. The minimum atomic E-state index is 0.655. The number of rotatable bonds is 7. The summed E-state index contributed by atoms with van der Waals surface area (Å²) in [4.78, 5) is 2.51. The minimum absolute atomic E-state index is 0.655. The van der Waals surface area contributed by atoms with Crippen LogP contribution in [0.4, 0.5) is 11.4 Å². The highest BCUT2D eigenvalue weighted by atomic mass is 32.1. The summed E-state index contributed by atoms with van der Waals surface area (Å²) in [6, 6.07) is 72.6. The maximum Gasteiger partial charge on any atom is 0.136 e. The van der Waals surface area contributed by atoms with Gasteiger partial charge >= 0.3 is 0 Å². The van der Waals surface area contributed by atoms with E-state index in [1.54, 1.807) is 0 Å². The van der Waals surface area contributed by atoms with Crippen molar-refractivity contribution in [3.8, 4) is 33.4 Å². The molecule has 11 rings (SSSR count). The zero-order chi connectivity index (χ0) is 37.0. The largest absolute Gasteiger partial charge is 0.456 e. The molecule has 56 heavy (non-hydrogen) atoms. The number of para-hydroxylation sites is 2. The third-order valence-electron chi connectivity index (χ3n) is 11.2. The Morgan fingerprint density at radius 1 is 0.411 bits per heavy atom. The highest BCUT2D eigenvalue weighted by Crippen LogP contribution is 2.43. The summed E-state index contributed by atoms with van der Waals surface area (Å²) in [5, 5.41) is 7.38. The summed E-state index contributed by atoms with van der Waals surface area (Å²) in [6.45, 7) is 0.655. The number of benzene rings is 9. The second-order valence-electron chi connectivity index (χ2n) is 14.4. The van der Waals surface area contributed by atoms with Crippen molar-refractivity contribution in [1.29, 1.82) is 0 Å². The first-order valence-corrected chi connectivity index (χ1v) is 19.9. The van der Waals surface area contributed by atoms with E-state index in [1.807, 2.05) is 17.4 Å². The molecule has 11 aromatic rings. The highest BCUT2D eigenvalue weighted by molar-refractivity contribution is 7.25. The molecule has 0 aliphatic rings.